The normalized spacial score (nSPS) is 15.4. The zero-order chi connectivity index (χ0) is 22.4. The van der Waals surface area contributed by atoms with E-state index in [1.54, 1.807) is 48.4 Å². The molecule has 1 unspecified atom stereocenters. The Morgan fingerprint density at radius 3 is 2.32 bits per heavy atom. The van der Waals surface area contributed by atoms with E-state index in [1.807, 2.05) is 0 Å². The van der Waals surface area contributed by atoms with Gasteiger partial charge in [0.15, 0.2) is 0 Å². The van der Waals surface area contributed by atoms with Gasteiger partial charge in [0, 0.05) is 29.9 Å². The van der Waals surface area contributed by atoms with E-state index in [9.17, 15) is 19.2 Å². The SMILES string of the molecule is COC(=O)CNC(=O)c1ccc(NC(=O)C2CC(=O)N(c3ccc(OC)cc3)C2)cc1. The smallest absolute Gasteiger partial charge is 0.325 e. The highest BCUT2D eigenvalue weighted by molar-refractivity contribution is 6.03. The summed E-state index contributed by atoms with van der Waals surface area (Å²) >= 11 is 0. The van der Waals surface area contributed by atoms with Gasteiger partial charge in [-0.15, -0.1) is 0 Å². The first-order valence-electron chi connectivity index (χ1n) is 9.61. The number of carbonyl (C=O) groups excluding carboxylic acids is 4. The molecule has 3 amide bonds. The standard InChI is InChI=1S/C22H23N3O6/c1-30-18-9-7-17(8-10-18)25-13-15(11-19(25)26)22(29)24-16-5-3-14(4-6-16)21(28)23-12-20(27)31-2/h3-10,15H,11-13H2,1-2H3,(H,23,28)(H,24,29). The molecule has 1 aliphatic heterocycles. The number of hydrogen-bond donors (Lipinski definition) is 2. The molecule has 3 rings (SSSR count). The van der Waals surface area contributed by atoms with Gasteiger partial charge in [-0.25, -0.2) is 0 Å². The number of methoxy groups -OCH3 is 2. The molecule has 9 nitrogen and oxygen atoms in total. The summed E-state index contributed by atoms with van der Waals surface area (Å²) in [5.41, 5.74) is 1.55. The van der Waals surface area contributed by atoms with Crippen LogP contribution in [0.15, 0.2) is 48.5 Å². The van der Waals surface area contributed by atoms with Crippen LogP contribution in [0.4, 0.5) is 11.4 Å². The van der Waals surface area contributed by atoms with Gasteiger partial charge in [-0.1, -0.05) is 0 Å². The van der Waals surface area contributed by atoms with E-state index in [0.29, 0.717) is 22.7 Å². The fraction of sp³-hybridized carbons (Fsp3) is 0.273. The average molecular weight is 425 g/mol. The van der Waals surface area contributed by atoms with Crippen molar-refractivity contribution in [3.63, 3.8) is 0 Å². The monoisotopic (exact) mass is 425 g/mol. The minimum atomic E-state index is -0.549. The van der Waals surface area contributed by atoms with E-state index >= 15 is 0 Å². The molecule has 0 saturated carbocycles. The zero-order valence-corrected chi connectivity index (χ0v) is 17.2. The quantitative estimate of drug-likeness (QED) is 0.652. The van der Waals surface area contributed by atoms with E-state index in [-0.39, 0.29) is 31.3 Å². The molecule has 1 saturated heterocycles. The molecule has 2 N–H and O–H groups in total. The van der Waals surface area contributed by atoms with Crippen molar-refractivity contribution in [1.82, 2.24) is 5.32 Å². The molecule has 1 atom stereocenters. The van der Waals surface area contributed by atoms with Crippen LogP contribution in [0.2, 0.25) is 0 Å². The maximum Gasteiger partial charge on any atom is 0.325 e. The summed E-state index contributed by atoms with van der Waals surface area (Å²) in [5.74, 6) is -1.17. The van der Waals surface area contributed by atoms with Gasteiger partial charge < -0.3 is 25.0 Å². The van der Waals surface area contributed by atoms with Gasteiger partial charge >= 0.3 is 5.97 Å². The molecule has 1 heterocycles. The largest absolute Gasteiger partial charge is 0.497 e. The second-order valence-corrected chi connectivity index (χ2v) is 6.93. The number of amides is 3. The van der Waals surface area contributed by atoms with Gasteiger partial charge in [-0.3, -0.25) is 19.2 Å². The molecule has 1 fully saturated rings. The number of ether oxygens (including phenoxy) is 2. The molecule has 0 aromatic heterocycles. The number of rotatable bonds is 7. The van der Waals surface area contributed by atoms with Gasteiger partial charge in [-0.05, 0) is 48.5 Å². The lowest BCUT2D eigenvalue weighted by molar-refractivity contribution is -0.139. The van der Waals surface area contributed by atoms with Crippen LogP contribution >= 0.6 is 0 Å². The van der Waals surface area contributed by atoms with Gasteiger partial charge in [0.1, 0.15) is 12.3 Å². The highest BCUT2D eigenvalue weighted by Crippen LogP contribution is 2.27. The Kier molecular flexibility index (Phi) is 6.86. The Bertz CT molecular complexity index is 972. The number of benzene rings is 2. The number of nitrogens with one attached hydrogen (secondary N) is 2. The number of carbonyl (C=O) groups is 4. The third-order valence-electron chi connectivity index (χ3n) is 4.92. The third-order valence-corrected chi connectivity index (χ3v) is 4.92. The van der Waals surface area contributed by atoms with Crippen molar-refractivity contribution in [3.05, 3.63) is 54.1 Å². The molecule has 162 valence electrons. The van der Waals surface area contributed by atoms with Crippen LogP contribution < -0.4 is 20.3 Å². The van der Waals surface area contributed by atoms with Crippen molar-refractivity contribution in [2.75, 3.05) is 37.5 Å². The van der Waals surface area contributed by atoms with Crippen LogP contribution in [-0.2, 0) is 19.1 Å². The van der Waals surface area contributed by atoms with E-state index in [0.717, 1.165) is 0 Å². The van der Waals surface area contributed by atoms with Crippen molar-refractivity contribution in [2.45, 2.75) is 6.42 Å². The minimum absolute atomic E-state index is 0.117. The van der Waals surface area contributed by atoms with Crippen LogP contribution in [-0.4, -0.2) is 51.0 Å². The fourth-order valence-corrected chi connectivity index (χ4v) is 3.17. The first kappa shape index (κ1) is 21.8. The highest BCUT2D eigenvalue weighted by atomic mass is 16.5. The Labute approximate surface area is 179 Å². The molecule has 0 spiro atoms. The Morgan fingerprint density at radius 2 is 1.71 bits per heavy atom. The van der Waals surface area contributed by atoms with E-state index in [1.165, 1.54) is 19.2 Å². The van der Waals surface area contributed by atoms with Crippen molar-refractivity contribution >= 4 is 35.1 Å². The second kappa shape index (κ2) is 9.75. The highest BCUT2D eigenvalue weighted by Gasteiger charge is 2.35. The van der Waals surface area contributed by atoms with Crippen LogP contribution in [0, 0.1) is 5.92 Å². The summed E-state index contributed by atoms with van der Waals surface area (Å²) in [6.07, 6.45) is 0.117. The van der Waals surface area contributed by atoms with Crippen LogP contribution in [0.5, 0.6) is 5.75 Å². The van der Waals surface area contributed by atoms with E-state index in [2.05, 4.69) is 15.4 Å². The summed E-state index contributed by atoms with van der Waals surface area (Å²) < 4.78 is 9.59. The van der Waals surface area contributed by atoms with Crippen molar-refractivity contribution < 1.29 is 28.7 Å². The van der Waals surface area contributed by atoms with Crippen molar-refractivity contribution in [1.29, 1.82) is 0 Å². The maximum atomic E-state index is 12.6. The predicted molar refractivity (Wildman–Crippen MR) is 113 cm³/mol. The Balaban J connectivity index is 1.57. The summed E-state index contributed by atoms with van der Waals surface area (Å²) in [5, 5.41) is 5.21. The molecule has 2 aromatic carbocycles. The summed E-state index contributed by atoms with van der Waals surface area (Å²) in [6, 6.07) is 13.3. The molecule has 1 aliphatic rings. The topological polar surface area (TPSA) is 114 Å². The van der Waals surface area contributed by atoms with E-state index < -0.39 is 17.8 Å². The predicted octanol–water partition coefficient (Wildman–Crippen LogP) is 1.59. The molecule has 9 heteroatoms. The summed E-state index contributed by atoms with van der Waals surface area (Å²) in [7, 11) is 2.80. The fourth-order valence-electron chi connectivity index (χ4n) is 3.17. The Hall–Kier alpha value is -3.88. The Morgan fingerprint density at radius 1 is 1.03 bits per heavy atom. The number of hydrogen-bond acceptors (Lipinski definition) is 6. The van der Waals surface area contributed by atoms with E-state index in [4.69, 9.17) is 4.74 Å². The van der Waals surface area contributed by atoms with Gasteiger partial charge in [0.2, 0.25) is 11.8 Å². The van der Waals surface area contributed by atoms with Gasteiger partial charge in [-0.2, -0.15) is 0 Å². The third kappa shape index (κ3) is 5.39. The molecule has 0 radical (unpaired) electrons. The molecular weight excluding hydrogens is 402 g/mol. The molecular formula is C22H23N3O6. The lowest BCUT2D eigenvalue weighted by atomic mass is 10.1. The number of nitrogens with zero attached hydrogens (tertiary/aromatic N) is 1. The van der Waals surface area contributed by atoms with Crippen LogP contribution in [0.1, 0.15) is 16.8 Å². The maximum absolute atomic E-state index is 12.6. The molecule has 31 heavy (non-hydrogen) atoms. The average Bonchev–Trinajstić information content (AvgIpc) is 3.19. The summed E-state index contributed by atoms with van der Waals surface area (Å²) in [6.45, 7) is 0.0548. The van der Waals surface area contributed by atoms with Crippen LogP contribution in [0.3, 0.4) is 0 Å². The van der Waals surface area contributed by atoms with Crippen molar-refractivity contribution in [3.8, 4) is 5.75 Å². The zero-order valence-electron chi connectivity index (χ0n) is 17.2. The number of anilines is 2. The molecule has 0 bridgehead atoms. The lowest BCUT2D eigenvalue weighted by Crippen LogP contribution is -2.30. The molecule has 0 aliphatic carbocycles. The first-order valence-corrected chi connectivity index (χ1v) is 9.61. The second-order valence-electron chi connectivity index (χ2n) is 6.93. The minimum Gasteiger partial charge on any atom is -0.497 e. The molecule has 2 aromatic rings. The summed E-state index contributed by atoms with van der Waals surface area (Å²) in [4.78, 5) is 49.7. The van der Waals surface area contributed by atoms with Gasteiger partial charge in [0.05, 0.1) is 20.1 Å². The van der Waals surface area contributed by atoms with Crippen molar-refractivity contribution in [2.24, 2.45) is 5.92 Å². The van der Waals surface area contributed by atoms with Gasteiger partial charge in [0.25, 0.3) is 5.91 Å². The number of esters is 1. The van der Waals surface area contributed by atoms with Crippen LogP contribution in [0.25, 0.3) is 0 Å². The lowest BCUT2D eigenvalue weighted by Gasteiger charge is -2.17. The first-order chi connectivity index (χ1) is 14.9.